The van der Waals surface area contributed by atoms with Gasteiger partial charge in [-0.05, 0) is 38.4 Å². The fourth-order valence-electron chi connectivity index (χ4n) is 3.73. The number of esters is 1. The monoisotopic (exact) mass is 445 g/mol. The highest BCUT2D eigenvalue weighted by Crippen LogP contribution is 2.32. The molecule has 0 unspecified atom stereocenters. The molecule has 1 aromatic heterocycles. The van der Waals surface area contributed by atoms with Gasteiger partial charge in [0.05, 0.1) is 29.6 Å². The second kappa shape index (κ2) is 9.26. The lowest BCUT2D eigenvalue weighted by atomic mass is 10.00. The fraction of sp³-hybridized carbons (Fsp3) is 0.154. The molecule has 0 aliphatic rings. The highest BCUT2D eigenvalue weighted by atomic mass is 19.1. The molecule has 0 atom stereocenters. The Balaban J connectivity index is 1.88. The quantitative estimate of drug-likeness (QED) is 0.322. The number of hydrogen-bond donors (Lipinski definition) is 2. The Morgan fingerprint density at radius 1 is 1.06 bits per heavy atom. The van der Waals surface area contributed by atoms with Crippen molar-refractivity contribution in [2.45, 2.75) is 6.54 Å². The number of nitrogens with one attached hydrogen (secondary N) is 1. The molecular formula is C26H24FN3O3. The Morgan fingerprint density at radius 3 is 2.48 bits per heavy atom. The van der Waals surface area contributed by atoms with E-state index in [-0.39, 0.29) is 11.7 Å². The van der Waals surface area contributed by atoms with Crippen molar-refractivity contribution < 1.29 is 19.0 Å². The topological polar surface area (TPSA) is 77.9 Å². The third-order valence-electron chi connectivity index (χ3n) is 5.25. The highest BCUT2D eigenvalue weighted by Gasteiger charge is 2.20. The van der Waals surface area contributed by atoms with Crippen molar-refractivity contribution in [3.63, 3.8) is 0 Å². The minimum atomic E-state index is -0.474. The van der Waals surface area contributed by atoms with Gasteiger partial charge in [0.1, 0.15) is 5.82 Å². The van der Waals surface area contributed by atoms with E-state index in [1.165, 1.54) is 13.2 Å². The van der Waals surface area contributed by atoms with E-state index in [0.29, 0.717) is 45.5 Å². The van der Waals surface area contributed by atoms with Gasteiger partial charge in [-0.1, -0.05) is 42.5 Å². The van der Waals surface area contributed by atoms with Gasteiger partial charge in [0.2, 0.25) is 0 Å². The zero-order chi connectivity index (χ0) is 23.5. The minimum absolute atomic E-state index is 0.0979. The molecule has 0 aliphatic carbocycles. The Hall–Kier alpha value is -3.97. The van der Waals surface area contributed by atoms with Crippen LogP contribution in [0, 0.1) is 5.82 Å². The van der Waals surface area contributed by atoms with Crippen molar-refractivity contribution in [1.29, 1.82) is 0 Å². The molecule has 0 aliphatic heterocycles. The Kier molecular flexibility index (Phi) is 6.24. The number of aromatic hydroxyl groups is 1. The number of nitrogens with zero attached hydrogens (tertiary/aromatic N) is 2. The normalized spacial score (nSPS) is 11.8. The molecule has 2 N–H and O–H groups in total. The van der Waals surface area contributed by atoms with E-state index in [9.17, 15) is 14.3 Å². The average molecular weight is 445 g/mol. The second-order valence-electron chi connectivity index (χ2n) is 7.94. The van der Waals surface area contributed by atoms with E-state index in [4.69, 9.17) is 9.73 Å². The van der Waals surface area contributed by atoms with Crippen LogP contribution in [0.3, 0.4) is 0 Å². The fourth-order valence-corrected chi connectivity index (χ4v) is 3.73. The van der Waals surface area contributed by atoms with Crippen LogP contribution in [-0.2, 0) is 11.3 Å². The number of fused-ring (bicyclic) bond motifs is 1. The molecule has 6 nitrogen and oxygen atoms in total. The third kappa shape index (κ3) is 4.63. The lowest BCUT2D eigenvalue weighted by Crippen LogP contribution is -2.11. The van der Waals surface area contributed by atoms with Gasteiger partial charge in [0.25, 0.3) is 0 Å². The zero-order valence-electron chi connectivity index (χ0n) is 18.6. The molecule has 1 heterocycles. The van der Waals surface area contributed by atoms with Crippen LogP contribution in [0.5, 0.6) is 5.88 Å². The second-order valence-corrected chi connectivity index (χ2v) is 7.94. The average Bonchev–Trinajstić information content (AvgIpc) is 3.13. The van der Waals surface area contributed by atoms with Gasteiger partial charge < -0.3 is 19.7 Å². The Morgan fingerprint density at radius 2 is 1.82 bits per heavy atom. The first-order chi connectivity index (χ1) is 15.9. The van der Waals surface area contributed by atoms with Crippen LogP contribution >= 0.6 is 0 Å². The van der Waals surface area contributed by atoms with Crippen LogP contribution in [0.15, 0.2) is 71.7 Å². The SMILES string of the molecule is COC(=O)c1ccc2c(C(=Nc3ccc(CN(C)C)c(F)c3)c3ccccc3)c(O)[nH]c2c1. The first kappa shape index (κ1) is 22.2. The van der Waals surface area contributed by atoms with Crippen LogP contribution in [0.25, 0.3) is 10.9 Å². The lowest BCUT2D eigenvalue weighted by molar-refractivity contribution is 0.0601. The summed E-state index contributed by atoms with van der Waals surface area (Å²) >= 11 is 0. The van der Waals surface area contributed by atoms with Crippen molar-refractivity contribution in [2.24, 2.45) is 4.99 Å². The number of rotatable bonds is 6. The molecular weight excluding hydrogens is 421 g/mol. The number of carbonyl (C=O) groups excluding carboxylic acids is 1. The van der Waals surface area contributed by atoms with Gasteiger partial charge >= 0.3 is 5.97 Å². The molecule has 0 bridgehead atoms. The first-order valence-corrected chi connectivity index (χ1v) is 10.4. The molecule has 0 radical (unpaired) electrons. The Bertz CT molecular complexity index is 1340. The first-order valence-electron chi connectivity index (χ1n) is 10.4. The van der Waals surface area contributed by atoms with E-state index >= 15 is 0 Å². The maximum atomic E-state index is 14.7. The molecule has 0 saturated carbocycles. The predicted octanol–water partition coefficient (Wildman–Crippen LogP) is 5.03. The lowest BCUT2D eigenvalue weighted by Gasteiger charge is -2.11. The summed E-state index contributed by atoms with van der Waals surface area (Å²) in [4.78, 5) is 21.4. The number of carbonyl (C=O) groups is 1. The summed E-state index contributed by atoms with van der Waals surface area (Å²) in [5, 5.41) is 11.5. The molecule has 0 spiro atoms. The molecule has 33 heavy (non-hydrogen) atoms. The summed E-state index contributed by atoms with van der Waals surface area (Å²) in [5.41, 5.74) is 3.61. The van der Waals surface area contributed by atoms with E-state index < -0.39 is 5.97 Å². The van der Waals surface area contributed by atoms with Crippen LogP contribution in [0.4, 0.5) is 10.1 Å². The Labute approximate surface area is 191 Å². The number of ether oxygens (including phenoxy) is 1. The van der Waals surface area contributed by atoms with Crippen molar-refractivity contribution in [2.75, 3.05) is 21.2 Å². The van der Waals surface area contributed by atoms with Crippen molar-refractivity contribution >= 4 is 28.3 Å². The molecule has 7 heteroatoms. The largest absolute Gasteiger partial charge is 0.494 e. The van der Waals surface area contributed by atoms with Crippen molar-refractivity contribution in [3.05, 3.63) is 94.8 Å². The molecule has 3 aromatic carbocycles. The summed E-state index contributed by atoms with van der Waals surface area (Å²) in [6.07, 6.45) is 0. The van der Waals surface area contributed by atoms with Gasteiger partial charge in [0.15, 0.2) is 5.88 Å². The molecule has 0 amide bonds. The van der Waals surface area contributed by atoms with Gasteiger partial charge in [-0.2, -0.15) is 0 Å². The zero-order valence-corrected chi connectivity index (χ0v) is 18.6. The maximum Gasteiger partial charge on any atom is 0.337 e. The summed E-state index contributed by atoms with van der Waals surface area (Å²) in [7, 11) is 5.07. The molecule has 168 valence electrons. The van der Waals surface area contributed by atoms with Gasteiger partial charge in [-0.25, -0.2) is 14.2 Å². The van der Waals surface area contributed by atoms with E-state index in [0.717, 1.165) is 5.56 Å². The standard InChI is InChI=1S/C26H24FN3O3/c1-30(2)15-18-9-11-19(14-21(18)27)28-24(16-7-5-4-6-8-16)23-20-12-10-17(26(32)33-3)13-22(20)29-25(23)31/h4-14,29,31H,15H2,1-3H3. The van der Waals surface area contributed by atoms with Crippen LogP contribution in [-0.4, -0.2) is 47.9 Å². The minimum Gasteiger partial charge on any atom is -0.494 e. The molecule has 0 fully saturated rings. The number of aromatic nitrogens is 1. The van der Waals surface area contributed by atoms with Gasteiger partial charge in [-0.3, -0.25) is 0 Å². The number of aliphatic imine (C=N–C) groups is 1. The highest BCUT2D eigenvalue weighted by molar-refractivity contribution is 6.22. The summed E-state index contributed by atoms with van der Waals surface area (Å²) in [6, 6.07) is 19.2. The summed E-state index contributed by atoms with van der Waals surface area (Å²) < 4.78 is 19.5. The number of methoxy groups -OCH3 is 1. The number of benzene rings is 3. The number of hydrogen-bond acceptors (Lipinski definition) is 5. The van der Waals surface area contributed by atoms with E-state index in [2.05, 4.69) is 4.98 Å². The number of H-pyrrole nitrogens is 1. The van der Waals surface area contributed by atoms with E-state index in [1.54, 1.807) is 30.3 Å². The number of halogens is 1. The third-order valence-corrected chi connectivity index (χ3v) is 5.25. The molecule has 4 rings (SSSR count). The predicted molar refractivity (Wildman–Crippen MR) is 127 cm³/mol. The number of aromatic amines is 1. The summed E-state index contributed by atoms with van der Waals surface area (Å²) in [6.45, 7) is 0.479. The van der Waals surface area contributed by atoms with Gasteiger partial charge in [0, 0.05) is 28.6 Å². The van der Waals surface area contributed by atoms with Gasteiger partial charge in [-0.15, -0.1) is 0 Å². The smallest absolute Gasteiger partial charge is 0.337 e. The van der Waals surface area contributed by atoms with Crippen molar-refractivity contribution in [3.8, 4) is 5.88 Å². The van der Waals surface area contributed by atoms with Crippen LogP contribution in [0.2, 0.25) is 0 Å². The molecule has 0 saturated heterocycles. The molecule has 4 aromatic rings. The van der Waals surface area contributed by atoms with E-state index in [1.807, 2.05) is 49.3 Å². The maximum absolute atomic E-state index is 14.7. The van der Waals surface area contributed by atoms with Crippen LogP contribution in [0.1, 0.15) is 27.0 Å². The van der Waals surface area contributed by atoms with Crippen molar-refractivity contribution in [1.82, 2.24) is 9.88 Å². The van der Waals surface area contributed by atoms with Crippen LogP contribution < -0.4 is 0 Å². The summed E-state index contributed by atoms with van der Waals surface area (Å²) in [5.74, 6) is -0.916.